The van der Waals surface area contributed by atoms with E-state index in [1.54, 1.807) is 19.1 Å². The maximum Gasteiger partial charge on any atom is 0.360 e. The molecule has 0 spiro atoms. The molecule has 8 heteroatoms. The summed E-state index contributed by atoms with van der Waals surface area (Å²) in [6.07, 6.45) is -0.205. The molecule has 4 rings (SSSR count). The third-order valence-corrected chi connectivity index (χ3v) is 4.65. The van der Waals surface area contributed by atoms with Crippen LogP contribution in [0.4, 0.5) is 9.52 Å². The summed E-state index contributed by atoms with van der Waals surface area (Å²) in [6, 6.07) is 6.07. The molecule has 0 N–H and O–H groups in total. The Hall–Kier alpha value is -2.48. The zero-order valence-corrected chi connectivity index (χ0v) is 13.0. The fourth-order valence-electron chi connectivity index (χ4n) is 2.36. The molecule has 0 aliphatic carbocycles. The number of thiazole rings is 1. The van der Waals surface area contributed by atoms with Crippen LogP contribution in [0.1, 0.15) is 16.2 Å². The van der Waals surface area contributed by atoms with Crippen LogP contribution in [0.25, 0.3) is 10.2 Å². The summed E-state index contributed by atoms with van der Waals surface area (Å²) in [4.78, 5) is 18.3. The minimum absolute atomic E-state index is 0.177. The number of anilines is 1. The van der Waals surface area contributed by atoms with Gasteiger partial charge in [0.2, 0.25) is 0 Å². The summed E-state index contributed by atoms with van der Waals surface area (Å²) in [5.74, 6) is -0.196. The number of aromatic nitrogens is 2. The lowest BCUT2D eigenvalue weighted by atomic mass is 10.2. The molecule has 0 bridgehead atoms. The van der Waals surface area contributed by atoms with Gasteiger partial charge in [-0.15, -0.1) is 0 Å². The molecule has 1 aromatic carbocycles. The molecule has 1 aliphatic heterocycles. The van der Waals surface area contributed by atoms with E-state index in [1.807, 2.05) is 4.90 Å². The van der Waals surface area contributed by atoms with Crippen LogP contribution in [0.15, 0.2) is 28.8 Å². The molecule has 0 saturated carbocycles. The monoisotopic (exact) mass is 333 g/mol. The van der Waals surface area contributed by atoms with E-state index in [0.29, 0.717) is 18.8 Å². The predicted octanol–water partition coefficient (Wildman–Crippen LogP) is 2.78. The van der Waals surface area contributed by atoms with E-state index in [-0.39, 0.29) is 17.6 Å². The molecule has 3 heterocycles. The van der Waals surface area contributed by atoms with Gasteiger partial charge in [-0.05, 0) is 25.1 Å². The lowest BCUT2D eigenvalue weighted by Gasteiger charge is -2.37. The van der Waals surface area contributed by atoms with Gasteiger partial charge >= 0.3 is 5.97 Å². The van der Waals surface area contributed by atoms with Crippen LogP contribution in [0.5, 0.6) is 0 Å². The number of fused-ring (bicyclic) bond motifs is 1. The van der Waals surface area contributed by atoms with Gasteiger partial charge in [0.05, 0.1) is 23.3 Å². The van der Waals surface area contributed by atoms with Crippen LogP contribution in [0, 0.1) is 12.7 Å². The Morgan fingerprint density at radius 2 is 2.26 bits per heavy atom. The Kier molecular flexibility index (Phi) is 3.26. The highest BCUT2D eigenvalue weighted by molar-refractivity contribution is 7.22. The first-order valence-corrected chi connectivity index (χ1v) is 7.85. The summed E-state index contributed by atoms with van der Waals surface area (Å²) in [7, 11) is 0. The number of hydrogen-bond donors (Lipinski definition) is 0. The van der Waals surface area contributed by atoms with Crippen molar-refractivity contribution in [3.8, 4) is 0 Å². The normalized spacial score (nSPS) is 15.0. The van der Waals surface area contributed by atoms with E-state index in [2.05, 4.69) is 10.1 Å². The Bertz CT molecular complexity index is 885. The van der Waals surface area contributed by atoms with E-state index in [0.717, 1.165) is 15.3 Å². The molecule has 0 unspecified atom stereocenters. The number of nitrogens with zero attached hydrogens (tertiary/aromatic N) is 3. The molecular weight excluding hydrogens is 321 g/mol. The van der Waals surface area contributed by atoms with Crippen molar-refractivity contribution < 1.29 is 18.4 Å². The van der Waals surface area contributed by atoms with Crippen molar-refractivity contribution in [2.75, 3.05) is 18.0 Å². The zero-order valence-electron chi connectivity index (χ0n) is 12.2. The van der Waals surface area contributed by atoms with Crippen molar-refractivity contribution in [1.82, 2.24) is 10.1 Å². The molecule has 118 valence electrons. The first-order valence-electron chi connectivity index (χ1n) is 7.04. The highest BCUT2D eigenvalue weighted by atomic mass is 32.1. The predicted molar refractivity (Wildman–Crippen MR) is 82.2 cm³/mol. The van der Waals surface area contributed by atoms with E-state index >= 15 is 0 Å². The third-order valence-electron chi connectivity index (χ3n) is 3.57. The average Bonchev–Trinajstić information content (AvgIpc) is 3.07. The first kappa shape index (κ1) is 14.1. The largest absolute Gasteiger partial charge is 0.454 e. The second-order valence-corrected chi connectivity index (χ2v) is 6.37. The molecule has 1 saturated heterocycles. The molecule has 23 heavy (non-hydrogen) atoms. The maximum absolute atomic E-state index is 13.2. The van der Waals surface area contributed by atoms with Gasteiger partial charge in [0.25, 0.3) is 0 Å². The van der Waals surface area contributed by atoms with Gasteiger partial charge in [-0.3, -0.25) is 0 Å². The van der Waals surface area contributed by atoms with Crippen molar-refractivity contribution in [1.29, 1.82) is 0 Å². The summed E-state index contributed by atoms with van der Waals surface area (Å²) in [5, 5.41) is 4.43. The zero-order chi connectivity index (χ0) is 16.0. The Morgan fingerprint density at radius 3 is 3.00 bits per heavy atom. The van der Waals surface area contributed by atoms with Gasteiger partial charge in [-0.1, -0.05) is 16.5 Å². The first-order chi connectivity index (χ1) is 11.1. The molecule has 2 aromatic heterocycles. The summed E-state index contributed by atoms with van der Waals surface area (Å²) >= 11 is 1.42. The molecule has 0 amide bonds. The summed E-state index contributed by atoms with van der Waals surface area (Å²) in [6.45, 7) is 2.83. The van der Waals surface area contributed by atoms with Crippen LogP contribution >= 0.6 is 11.3 Å². The number of aryl methyl sites for hydroxylation is 1. The van der Waals surface area contributed by atoms with Crippen LogP contribution in [-0.4, -0.2) is 35.3 Å². The van der Waals surface area contributed by atoms with Crippen molar-refractivity contribution in [2.24, 2.45) is 0 Å². The van der Waals surface area contributed by atoms with Crippen LogP contribution in [0.2, 0.25) is 0 Å². The fourth-order valence-corrected chi connectivity index (χ4v) is 3.37. The van der Waals surface area contributed by atoms with E-state index in [9.17, 15) is 9.18 Å². The molecule has 0 atom stereocenters. The van der Waals surface area contributed by atoms with Gasteiger partial charge in [0.15, 0.2) is 10.8 Å². The highest BCUT2D eigenvalue weighted by Crippen LogP contribution is 2.32. The van der Waals surface area contributed by atoms with Crippen LogP contribution in [0.3, 0.4) is 0 Å². The van der Waals surface area contributed by atoms with Gasteiger partial charge in [-0.2, -0.15) is 0 Å². The second-order valence-electron chi connectivity index (χ2n) is 5.36. The van der Waals surface area contributed by atoms with Gasteiger partial charge in [-0.25, -0.2) is 14.2 Å². The van der Waals surface area contributed by atoms with E-state index in [4.69, 9.17) is 9.26 Å². The highest BCUT2D eigenvalue weighted by Gasteiger charge is 2.33. The number of ether oxygens (including phenoxy) is 1. The standard InChI is InChI=1S/C15H12FN3O3S/c1-8-4-12(18-22-8)14(20)21-10-6-19(7-10)15-17-11-3-2-9(16)5-13(11)23-15/h2-5,10H,6-7H2,1H3. The van der Waals surface area contributed by atoms with Crippen LogP contribution in [-0.2, 0) is 4.74 Å². The van der Waals surface area contributed by atoms with E-state index in [1.165, 1.54) is 23.5 Å². The SMILES string of the molecule is Cc1cc(C(=O)OC2CN(c3nc4ccc(F)cc4s3)C2)no1. The van der Waals surface area contributed by atoms with E-state index < -0.39 is 5.97 Å². The Balaban J connectivity index is 1.39. The van der Waals surface area contributed by atoms with Crippen molar-refractivity contribution in [3.63, 3.8) is 0 Å². The third kappa shape index (κ3) is 2.65. The molecule has 1 aliphatic rings. The molecule has 3 aromatic rings. The smallest absolute Gasteiger partial charge is 0.360 e. The minimum Gasteiger partial charge on any atom is -0.454 e. The Labute approximate surface area is 134 Å². The number of hydrogen-bond acceptors (Lipinski definition) is 7. The topological polar surface area (TPSA) is 68.5 Å². The molecule has 0 radical (unpaired) electrons. The average molecular weight is 333 g/mol. The number of esters is 1. The van der Waals surface area contributed by atoms with Crippen molar-refractivity contribution in [3.05, 3.63) is 41.5 Å². The van der Waals surface area contributed by atoms with Gasteiger partial charge in [0, 0.05) is 6.07 Å². The Morgan fingerprint density at radius 1 is 1.43 bits per heavy atom. The maximum atomic E-state index is 13.2. The molecular formula is C15H12FN3O3S. The second kappa shape index (κ2) is 5.31. The lowest BCUT2D eigenvalue weighted by molar-refractivity contribution is 0.0223. The number of carbonyl (C=O) groups excluding carboxylic acids is 1. The summed E-state index contributed by atoms with van der Waals surface area (Å²) in [5.41, 5.74) is 0.946. The summed E-state index contributed by atoms with van der Waals surface area (Å²) < 4.78 is 24.2. The van der Waals surface area contributed by atoms with Crippen LogP contribution < -0.4 is 4.90 Å². The number of rotatable bonds is 3. The quantitative estimate of drug-likeness (QED) is 0.687. The van der Waals surface area contributed by atoms with Crippen molar-refractivity contribution >= 4 is 32.7 Å². The van der Waals surface area contributed by atoms with Gasteiger partial charge in [0.1, 0.15) is 17.7 Å². The lowest BCUT2D eigenvalue weighted by Crippen LogP contribution is -2.53. The fraction of sp³-hybridized carbons (Fsp3) is 0.267. The number of halogens is 1. The number of benzene rings is 1. The molecule has 1 fully saturated rings. The van der Waals surface area contributed by atoms with Gasteiger partial charge < -0.3 is 14.2 Å². The minimum atomic E-state index is -0.488. The number of carbonyl (C=O) groups is 1. The molecule has 6 nitrogen and oxygen atoms in total. The van der Waals surface area contributed by atoms with Crippen molar-refractivity contribution in [2.45, 2.75) is 13.0 Å².